The Balaban J connectivity index is 1.66. The Hall–Kier alpha value is -1.86. The minimum absolute atomic E-state index is 0.239. The number of esters is 1. The molecule has 0 aliphatic heterocycles. The van der Waals surface area contributed by atoms with Crippen molar-refractivity contribution in [1.82, 2.24) is 15.1 Å². The number of hydrogen-bond donors (Lipinski definition) is 1. The molecular weight excluding hydrogens is 422 g/mol. The smallest absolute Gasteiger partial charge is 0.329 e. The molecular formula is C22H30ClN3O3S. The van der Waals surface area contributed by atoms with Crippen molar-refractivity contribution in [2.24, 2.45) is 5.92 Å². The van der Waals surface area contributed by atoms with Gasteiger partial charge in [0.2, 0.25) is 0 Å². The van der Waals surface area contributed by atoms with E-state index in [2.05, 4.69) is 10.4 Å². The molecule has 1 N–H and O–H groups in total. The van der Waals surface area contributed by atoms with Crippen LogP contribution in [0.15, 0.2) is 24.5 Å². The summed E-state index contributed by atoms with van der Waals surface area (Å²) < 4.78 is 7.31. The van der Waals surface area contributed by atoms with E-state index in [4.69, 9.17) is 16.3 Å². The summed E-state index contributed by atoms with van der Waals surface area (Å²) in [7, 11) is 0. The van der Waals surface area contributed by atoms with Gasteiger partial charge in [0, 0.05) is 11.1 Å². The fraction of sp³-hybridized carbons (Fsp3) is 0.591. The predicted molar refractivity (Wildman–Crippen MR) is 119 cm³/mol. The summed E-state index contributed by atoms with van der Waals surface area (Å²) >= 11 is 7.30. The molecule has 3 rings (SSSR count). The second kappa shape index (κ2) is 9.96. The molecule has 0 unspecified atom stereocenters. The van der Waals surface area contributed by atoms with Crippen molar-refractivity contribution < 1.29 is 14.3 Å². The maximum absolute atomic E-state index is 12.9. The van der Waals surface area contributed by atoms with E-state index >= 15 is 0 Å². The first kappa shape index (κ1) is 22.8. The quantitative estimate of drug-likeness (QED) is 0.597. The molecule has 2 aromatic heterocycles. The van der Waals surface area contributed by atoms with Crippen LogP contribution in [0.1, 0.15) is 73.8 Å². The molecule has 1 amide bonds. The van der Waals surface area contributed by atoms with Gasteiger partial charge in [0.1, 0.15) is 11.6 Å². The molecule has 8 heteroatoms. The number of hydrogen-bond acceptors (Lipinski definition) is 5. The van der Waals surface area contributed by atoms with Crippen molar-refractivity contribution in [2.45, 2.75) is 77.5 Å². The average Bonchev–Trinajstić information content (AvgIpc) is 3.30. The van der Waals surface area contributed by atoms with Gasteiger partial charge in [-0.2, -0.15) is 5.10 Å². The van der Waals surface area contributed by atoms with E-state index < -0.39 is 11.6 Å². The highest BCUT2D eigenvalue weighted by atomic mass is 35.5. The van der Waals surface area contributed by atoms with Gasteiger partial charge in [-0.25, -0.2) is 4.79 Å². The Morgan fingerprint density at radius 1 is 1.30 bits per heavy atom. The van der Waals surface area contributed by atoms with Crippen LogP contribution in [0.3, 0.4) is 0 Å². The molecule has 164 valence electrons. The van der Waals surface area contributed by atoms with Gasteiger partial charge >= 0.3 is 5.97 Å². The van der Waals surface area contributed by atoms with Gasteiger partial charge in [0.15, 0.2) is 0 Å². The zero-order chi connectivity index (χ0) is 21.7. The molecule has 0 saturated heterocycles. The number of carbonyl (C=O) groups excluding carboxylic acids is 2. The molecule has 30 heavy (non-hydrogen) atoms. The van der Waals surface area contributed by atoms with Crippen molar-refractivity contribution in [3.8, 4) is 0 Å². The first-order chi connectivity index (χ1) is 14.2. The SMILES string of the molecule is CC(C)(C)OC(=O)[C@H](CC1CCCCC1)NC(=O)c1ccc(Cn2cc(Cl)cn2)s1. The topological polar surface area (TPSA) is 73.2 Å². The molecule has 0 bridgehead atoms. The van der Waals surface area contributed by atoms with Crippen LogP contribution in [-0.2, 0) is 16.1 Å². The van der Waals surface area contributed by atoms with Crippen LogP contribution in [0, 0.1) is 5.92 Å². The summed E-state index contributed by atoms with van der Waals surface area (Å²) in [5, 5.41) is 7.68. The van der Waals surface area contributed by atoms with Crippen molar-refractivity contribution in [1.29, 1.82) is 0 Å². The van der Waals surface area contributed by atoms with Crippen molar-refractivity contribution >= 4 is 34.8 Å². The first-order valence-electron chi connectivity index (χ1n) is 10.5. The Kier molecular flexibility index (Phi) is 7.58. The molecule has 6 nitrogen and oxygen atoms in total. The Morgan fingerprint density at radius 3 is 2.67 bits per heavy atom. The number of halogens is 1. The minimum atomic E-state index is -0.629. The van der Waals surface area contributed by atoms with Gasteiger partial charge in [-0.05, 0) is 45.2 Å². The second-order valence-corrected chi connectivity index (χ2v) is 10.5. The molecule has 1 aliphatic carbocycles. The molecule has 1 fully saturated rings. The molecule has 0 aromatic carbocycles. The fourth-order valence-corrected chi connectivity index (χ4v) is 4.80. The van der Waals surface area contributed by atoms with Crippen molar-refractivity contribution in [3.63, 3.8) is 0 Å². The number of nitrogens with zero attached hydrogens (tertiary/aromatic N) is 2. The molecule has 0 spiro atoms. The van der Waals surface area contributed by atoms with Crippen molar-refractivity contribution in [3.05, 3.63) is 39.3 Å². The highest BCUT2D eigenvalue weighted by Crippen LogP contribution is 2.28. The van der Waals surface area contributed by atoms with Crippen LogP contribution in [-0.4, -0.2) is 33.3 Å². The Labute approximate surface area is 186 Å². The largest absolute Gasteiger partial charge is 0.458 e. The Morgan fingerprint density at radius 2 is 2.03 bits per heavy atom. The third-order valence-corrected chi connectivity index (χ3v) is 6.36. The zero-order valence-electron chi connectivity index (χ0n) is 17.8. The lowest BCUT2D eigenvalue weighted by molar-refractivity contribution is -0.157. The van der Waals surface area contributed by atoms with Gasteiger partial charge in [-0.3, -0.25) is 9.48 Å². The van der Waals surface area contributed by atoms with E-state index in [1.54, 1.807) is 23.1 Å². The first-order valence-corrected chi connectivity index (χ1v) is 11.7. The summed E-state index contributed by atoms with van der Waals surface area (Å²) in [4.78, 5) is 27.2. The second-order valence-electron chi connectivity index (χ2n) is 8.92. The van der Waals surface area contributed by atoms with Crippen molar-refractivity contribution in [2.75, 3.05) is 0 Å². The lowest BCUT2D eigenvalue weighted by Crippen LogP contribution is -2.45. The molecule has 1 aliphatic rings. The van der Waals surface area contributed by atoms with Crippen LogP contribution in [0.4, 0.5) is 0 Å². The van der Waals surface area contributed by atoms with E-state index in [1.165, 1.54) is 30.6 Å². The zero-order valence-corrected chi connectivity index (χ0v) is 19.4. The van der Waals surface area contributed by atoms with Crippen LogP contribution in [0.25, 0.3) is 0 Å². The van der Waals surface area contributed by atoms with E-state index in [1.807, 2.05) is 26.8 Å². The highest BCUT2D eigenvalue weighted by Gasteiger charge is 2.30. The Bertz CT molecular complexity index is 865. The van der Waals surface area contributed by atoms with Gasteiger partial charge in [-0.15, -0.1) is 11.3 Å². The summed E-state index contributed by atoms with van der Waals surface area (Å²) in [6, 6.07) is 3.06. The van der Waals surface area contributed by atoms with E-state index in [0.29, 0.717) is 28.8 Å². The maximum atomic E-state index is 12.9. The molecule has 0 radical (unpaired) electrons. The summed E-state index contributed by atoms with van der Waals surface area (Å²) in [6.07, 6.45) is 9.78. The number of rotatable bonds is 7. The lowest BCUT2D eigenvalue weighted by Gasteiger charge is -2.28. The van der Waals surface area contributed by atoms with Gasteiger partial charge in [-0.1, -0.05) is 43.7 Å². The summed E-state index contributed by atoms with van der Waals surface area (Å²) in [5.74, 6) is -0.152. The number of ether oxygens (including phenoxy) is 1. The fourth-order valence-electron chi connectivity index (χ4n) is 3.74. The third kappa shape index (κ3) is 6.84. The normalized spacial score (nSPS) is 16.3. The number of thiophene rings is 1. The van der Waals surface area contributed by atoms with Crippen LogP contribution in [0.2, 0.25) is 5.02 Å². The standard InChI is InChI=1S/C22H30ClN3O3S/c1-22(2,3)29-21(28)18(11-15-7-5-4-6-8-15)25-20(27)19-10-9-17(30-19)14-26-13-16(23)12-24-26/h9-10,12-13,15,18H,4-8,11,14H2,1-3H3,(H,25,27)/t18-/m0/s1. The molecule has 2 heterocycles. The monoisotopic (exact) mass is 451 g/mol. The van der Waals surface area contributed by atoms with Gasteiger partial charge in [0.05, 0.1) is 22.6 Å². The molecule has 2 aromatic rings. The number of aromatic nitrogens is 2. The number of nitrogens with one attached hydrogen (secondary N) is 1. The van der Waals surface area contributed by atoms with Crippen LogP contribution in [0.5, 0.6) is 0 Å². The van der Waals surface area contributed by atoms with Gasteiger partial charge in [0.25, 0.3) is 5.91 Å². The molecule has 1 atom stereocenters. The van der Waals surface area contributed by atoms with Gasteiger partial charge < -0.3 is 10.1 Å². The average molecular weight is 452 g/mol. The van der Waals surface area contributed by atoms with E-state index in [0.717, 1.165) is 17.7 Å². The maximum Gasteiger partial charge on any atom is 0.329 e. The minimum Gasteiger partial charge on any atom is -0.458 e. The number of amides is 1. The predicted octanol–water partition coefficient (Wildman–Crippen LogP) is 5.06. The lowest BCUT2D eigenvalue weighted by atomic mass is 9.84. The summed E-state index contributed by atoms with van der Waals surface area (Å²) in [5.41, 5.74) is -0.590. The summed E-state index contributed by atoms with van der Waals surface area (Å²) in [6.45, 7) is 6.08. The number of carbonyl (C=O) groups is 2. The highest BCUT2D eigenvalue weighted by molar-refractivity contribution is 7.14. The van der Waals surface area contributed by atoms with E-state index in [9.17, 15) is 9.59 Å². The van der Waals surface area contributed by atoms with Crippen LogP contribution < -0.4 is 5.32 Å². The van der Waals surface area contributed by atoms with E-state index in [-0.39, 0.29) is 11.9 Å². The van der Waals surface area contributed by atoms with Crippen LogP contribution >= 0.6 is 22.9 Å². The third-order valence-electron chi connectivity index (χ3n) is 5.10. The molecule has 1 saturated carbocycles.